The van der Waals surface area contributed by atoms with E-state index < -0.39 is 21.3 Å². The summed E-state index contributed by atoms with van der Waals surface area (Å²) in [6.07, 6.45) is 1.91. The Hall–Kier alpha value is -1.47. The van der Waals surface area contributed by atoms with Crippen molar-refractivity contribution in [3.05, 3.63) is 29.6 Å². The van der Waals surface area contributed by atoms with Gasteiger partial charge in [0.2, 0.25) is 15.9 Å². The Morgan fingerprint density at radius 3 is 2.55 bits per heavy atom. The third-order valence-electron chi connectivity index (χ3n) is 4.25. The zero-order valence-electron chi connectivity index (χ0n) is 11.0. The number of para-hydroxylation sites is 1. The quantitative estimate of drug-likeness (QED) is 0.843. The normalized spacial score (nSPS) is 21.8. The lowest BCUT2D eigenvalue weighted by atomic mass is 9.74. The molecular formula is C13H15FN2O3S. The van der Waals surface area contributed by atoms with Gasteiger partial charge in [0.25, 0.3) is 0 Å². The number of amides is 1. The number of hydrogen-bond acceptors (Lipinski definition) is 3. The number of sulfonamides is 1. The van der Waals surface area contributed by atoms with Crippen LogP contribution in [0.3, 0.4) is 0 Å². The van der Waals surface area contributed by atoms with Crippen LogP contribution in [0, 0.1) is 5.82 Å². The summed E-state index contributed by atoms with van der Waals surface area (Å²) in [5, 5.41) is 2.60. The molecule has 0 atom stereocenters. The number of rotatable bonds is 1. The van der Waals surface area contributed by atoms with Crippen molar-refractivity contribution in [2.45, 2.75) is 18.3 Å². The van der Waals surface area contributed by atoms with Crippen LogP contribution < -0.4 is 5.32 Å². The fourth-order valence-electron chi connectivity index (χ4n) is 3.10. The first-order valence-electron chi connectivity index (χ1n) is 6.40. The van der Waals surface area contributed by atoms with E-state index in [-0.39, 0.29) is 24.7 Å². The Balaban J connectivity index is 1.97. The van der Waals surface area contributed by atoms with Gasteiger partial charge in [0, 0.05) is 13.1 Å². The van der Waals surface area contributed by atoms with E-state index in [9.17, 15) is 17.6 Å². The first kappa shape index (κ1) is 13.5. The summed E-state index contributed by atoms with van der Waals surface area (Å²) >= 11 is 0. The molecule has 1 saturated heterocycles. The van der Waals surface area contributed by atoms with E-state index in [2.05, 4.69) is 5.32 Å². The minimum Gasteiger partial charge on any atom is -0.323 e. The minimum absolute atomic E-state index is 0.231. The average molecular weight is 298 g/mol. The van der Waals surface area contributed by atoms with Gasteiger partial charge in [-0.2, -0.15) is 0 Å². The molecule has 0 aromatic heterocycles. The van der Waals surface area contributed by atoms with E-state index in [1.807, 2.05) is 0 Å². The van der Waals surface area contributed by atoms with Gasteiger partial charge in [-0.15, -0.1) is 0 Å². The number of halogens is 1. The lowest BCUT2D eigenvalue weighted by Crippen LogP contribution is -2.47. The third-order valence-corrected chi connectivity index (χ3v) is 5.55. The molecular weight excluding hydrogens is 283 g/mol. The third kappa shape index (κ3) is 1.84. The molecule has 1 aromatic carbocycles. The lowest BCUT2D eigenvalue weighted by molar-refractivity contribution is -0.122. The summed E-state index contributed by atoms with van der Waals surface area (Å²) < 4.78 is 38.2. The van der Waals surface area contributed by atoms with Crippen LogP contribution >= 0.6 is 0 Å². The zero-order chi connectivity index (χ0) is 14.5. The molecule has 20 heavy (non-hydrogen) atoms. The lowest BCUT2D eigenvalue weighted by Gasteiger charge is -2.36. The van der Waals surface area contributed by atoms with Gasteiger partial charge in [0.1, 0.15) is 5.82 Å². The summed E-state index contributed by atoms with van der Waals surface area (Å²) in [6.45, 7) is 0.560. The van der Waals surface area contributed by atoms with Crippen LogP contribution in [-0.2, 0) is 20.2 Å². The molecule has 7 heteroatoms. The highest BCUT2D eigenvalue weighted by Gasteiger charge is 2.50. The van der Waals surface area contributed by atoms with Crippen molar-refractivity contribution >= 4 is 21.6 Å². The van der Waals surface area contributed by atoms with Gasteiger partial charge in [-0.1, -0.05) is 12.1 Å². The van der Waals surface area contributed by atoms with E-state index >= 15 is 0 Å². The van der Waals surface area contributed by atoms with Crippen LogP contribution in [0.2, 0.25) is 0 Å². The SMILES string of the molecule is CS(=O)(=O)N1CCC2(CC1)C(=O)Nc1c(F)cccc12. The predicted octanol–water partition coefficient (Wildman–Crippen LogP) is 1.07. The number of nitrogens with one attached hydrogen (secondary N) is 1. The molecule has 5 nitrogen and oxygen atoms in total. The molecule has 1 fully saturated rings. The average Bonchev–Trinajstić information content (AvgIpc) is 2.65. The van der Waals surface area contributed by atoms with Crippen molar-refractivity contribution in [1.82, 2.24) is 4.31 Å². The number of hydrogen-bond donors (Lipinski definition) is 1. The molecule has 3 rings (SSSR count). The molecule has 0 saturated carbocycles. The Kier molecular flexibility index (Phi) is 2.88. The predicted molar refractivity (Wildman–Crippen MR) is 72.4 cm³/mol. The van der Waals surface area contributed by atoms with Gasteiger partial charge in [0.05, 0.1) is 17.4 Å². The van der Waals surface area contributed by atoms with E-state index in [0.717, 1.165) is 6.26 Å². The second-order valence-corrected chi connectivity index (χ2v) is 7.34. The molecule has 1 amide bonds. The van der Waals surface area contributed by atoms with E-state index in [4.69, 9.17) is 0 Å². The zero-order valence-corrected chi connectivity index (χ0v) is 11.8. The molecule has 2 heterocycles. The van der Waals surface area contributed by atoms with Crippen molar-refractivity contribution in [3.63, 3.8) is 0 Å². The Morgan fingerprint density at radius 2 is 1.95 bits per heavy atom. The minimum atomic E-state index is -3.25. The first-order chi connectivity index (χ1) is 9.34. The maximum Gasteiger partial charge on any atom is 0.235 e. The number of fused-ring (bicyclic) bond motifs is 2. The molecule has 2 aliphatic rings. The van der Waals surface area contributed by atoms with Crippen LogP contribution in [0.4, 0.5) is 10.1 Å². The highest BCUT2D eigenvalue weighted by atomic mass is 32.2. The molecule has 2 aliphatic heterocycles. The van der Waals surface area contributed by atoms with Gasteiger partial charge in [-0.25, -0.2) is 17.1 Å². The van der Waals surface area contributed by atoms with E-state index in [0.29, 0.717) is 18.4 Å². The van der Waals surface area contributed by atoms with Crippen molar-refractivity contribution in [1.29, 1.82) is 0 Å². The standard InChI is InChI=1S/C13H15FN2O3S/c1-20(18,19)16-7-5-13(6-8-16)9-3-2-4-10(14)11(9)15-12(13)17/h2-4H,5-8H2,1H3,(H,15,17). The first-order valence-corrected chi connectivity index (χ1v) is 8.25. The van der Waals surface area contributed by atoms with Crippen LogP contribution in [0.25, 0.3) is 0 Å². The summed E-state index contributed by atoms with van der Waals surface area (Å²) in [6, 6.07) is 4.63. The number of carbonyl (C=O) groups is 1. The van der Waals surface area contributed by atoms with Crippen LogP contribution in [-0.4, -0.2) is 38.0 Å². The van der Waals surface area contributed by atoms with Crippen molar-refractivity contribution in [2.75, 3.05) is 24.7 Å². The monoisotopic (exact) mass is 298 g/mol. The van der Waals surface area contributed by atoms with Crippen LogP contribution in [0.1, 0.15) is 18.4 Å². The number of nitrogens with zero attached hydrogens (tertiary/aromatic N) is 1. The molecule has 1 spiro atoms. The highest BCUT2D eigenvalue weighted by Crippen LogP contribution is 2.45. The van der Waals surface area contributed by atoms with E-state index in [1.165, 1.54) is 10.4 Å². The highest BCUT2D eigenvalue weighted by molar-refractivity contribution is 7.88. The van der Waals surface area contributed by atoms with Gasteiger partial charge >= 0.3 is 0 Å². The van der Waals surface area contributed by atoms with Gasteiger partial charge in [-0.05, 0) is 24.5 Å². The maximum absolute atomic E-state index is 13.7. The van der Waals surface area contributed by atoms with Crippen LogP contribution in [0.5, 0.6) is 0 Å². The summed E-state index contributed by atoms with van der Waals surface area (Å²) in [5.41, 5.74) is 0.0967. The Bertz CT molecular complexity index is 679. The molecule has 0 radical (unpaired) electrons. The fraction of sp³-hybridized carbons (Fsp3) is 0.462. The fourth-order valence-corrected chi connectivity index (χ4v) is 3.95. The molecule has 108 valence electrons. The second-order valence-electron chi connectivity index (χ2n) is 5.36. The number of benzene rings is 1. The van der Waals surface area contributed by atoms with Gasteiger partial charge in [0.15, 0.2) is 0 Å². The van der Waals surface area contributed by atoms with Crippen molar-refractivity contribution in [2.24, 2.45) is 0 Å². The number of anilines is 1. The van der Waals surface area contributed by atoms with Gasteiger partial charge in [-0.3, -0.25) is 4.79 Å². The smallest absolute Gasteiger partial charge is 0.235 e. The Morgan fingerprint density at radius 1 is 1.30 bits per heavy atom. The second kappa shape index (κ2) is 4.26. The van der Waals surface area contributed by atoms with Gasteiger partial charge < -0.3 is 5.32 Å². The molecule has 0 bridgehead atoms. The topological polar surface area (TPSA) is 66.5 Å². The molecule has 0 unspecified atom stereocenters. The number of carbonyl (C=O) groups excluding carboxylic acids is 1. The summed E-state index contributed by atoms with van der Waals surface area (Å²) in [5.74, 6) is -0.677. The Labute approximate surface area is 116 Å². The number of piperidine rings is 1. The van der Waals surface area contributed by atoms with Crippen molar-refractivity contribution in [3.8, 4) is 0 Å². The molecule has 1 aromatic rings. The molecule has 1 N–H and O–H groups in total. The summed E-state index contributed by atoms with van der Waals surface area (Å²) in [4.78, 5) is 12.3. The van der Waals surface area contributed by atoms with E-state index in [1.54, 1.807) is 12.1 Å². The molecule has 0 aliphatic carbocycles. The largest absolute Gasteiger partial charge is 0.323 e. The van der Waals surface area contributed by atoms with Crippen LogP contribution in [0.15, 0.2) is 18.2 Å². The van der Waals surface area contributed by atoms with Crippen molar-refractivity contribution < 1.29 is 17.6 Å². The maximum atomic E-state index is 13.7. The summed E-state index contributed by atoms with van der Waals surface area (Å²) in [7, 11) is -3.25.